The number of aliphatic hydroxyl groups is 1. The van der Waals surface area contributed by atoms with Crippen LogP contribution in [-0.2, 0) is 4.79 Å². The quantitative estimate of drug-likeness (QED) is 0.732. The number of carbonyl (C=O) groups is 1. The second-order valence-corrected chi connectivity index (χ2v) is 5.87. The molecule has 1 atom stereocenters. The van der Waals surface area contributed by atoms with Crippen molar-refractivity contribution in [1.82, 2.24) is 9.78 Å². The second kappa shape index (κ2) is 8.17. The van der Waals surface area contributed by atoms with Crippen molar-refractivity contribution in [3.8, 4) is 0 Å². The number of rotatable bonds is 9. The van der Waals surface area contributed by atoms with Crippen LogP contribution in [0.2, 0.25) is 0 Å². The fourth-order valence-corrected chi connectivity index (χ4v) is 2.66. The molecule has 0 fully saturated rings. The molecule has 0 aromatic carbocycles. The minimum atomic E-state index is -0.894. The molecule has 1 unspecified atom stereocenters. The number of hydrogen-bond donors (Lipinski definition) is 2. The van der Waals surface area contributed by atoms with Crippen LogP contribution >= 0.6 is 0 Å². The number of nitrogens with zero attached hydrogens (tertiary/aromatic N) is 2. The highest BCUT2D eigenvalue weighted by Crippen LogP contribution is 2.24. The van der Waals surface area contributed by atoms with Crippen LogP contribution in [0, 0.1) is 0 Å². The summed E-state index contributed by atoms with van der Waals surface area (Å²) in [6, 6.07) is 2.03. The molecule has 0 saturated carbocycles. The van der Waals surface area contributed by atoms with E-state index in [9.17, 15) is 9.90 Å². The van der Waals surface area contributed by atoms with E-state index in [0.717, 1.165) is 19.3 Å². The molecule has 0 spiro atoms. The van der Waals surface area contributed by atoms with E-state index in [1.165, 1.54) is 0 Å². The number of anilines is 1. The van der Waals surface area contributed by atoms with Crippen molar-refractivity contribution in [2.24, 2.45) is 0 Å². The molecule has 0 radical (unpaired) electrons. The number of amides is 1. The normalized spacial score (nSPS) is 13.2. The van der Waals surface area contributed by atoms with Gasteiger partial charge in [-0.1, -0.05) is 33.6 Å². The van der Waals surface area contributed by atoms with E-state index < -0.39 is 5.60 Å². The van der Waals surface area contributed by atoms with Crippen molar-refractivity contribution in [1.29, 1.82) is 0 Å². The lowest BCUT2D eigenvalue weighted by Crippen LogP contribution is -2.34. The van der Waals surface area contributed by atoms with Crippen molar-refractivity contribution in [2.75, 3.05) is 5.32 Å². The number of nitrogens with one attached hydrogen (secondary N) is 1. The number of hydrogen-bond acceptors (Lipinski definition) is 3. The van der Waals surface area contributed by atoms with Gasteiger partial charge in [0.15, 0.2) is 0 Å². The zero-order chi connectivity index (χ0) is 15.9. The highest BCUT2D eigenvalue weighted by molar-refractivity contribution is 5.90. The van der Waals surface area contributed by atoms with Crippen molar-refractivity contribution in [2.45, 2.75) is 77.9 Å². The van der Waals surface area contributed by atoms with Gasteiger partial charge in [-0.25, -0.2) is 4.68 Å². The molecule has 120 valence electrons. The average molecular weight is 295 g/mol. The fraction of sp³-hybridized carbons (Fsp3) is 0.750. The average Bonchev–Trinajstić information content (AvgIpc) is 2.85. The summed E-state index contributed by atoms with van der Waals surface area (Å²) in [5, 5.41) is 17.7. The third-order valence-electron chi connectivity index (χ3n) is 3.87. The standard InChI is InChI=1S/C16H29N3O2/c1-5-9-16(21,10-6-2)12-15(20)18-14-8-11-17-19(14)13(4)7-3/h8,11,13,21H,5-7,9-10,12H2,1-4H3,(H,18,20). The molecule has 5 nitrogen and oxygen atoms in total. The maximum Gasteiger partial charge on any atom is 0.228 e. The van der Waals surface area contributed by atoms with Crippen LogP contribution in [0.15, 0.2) is 12.3 Å². The minimum Gasteiger partial charge on any atom is -0.389 e. The van der Waals surface area contributed by atoms with Crippen LogP contribution in [0.25, 0.3) is 0 Å². The molecule has 0 saturated heterocycles. The number of aromatic nitrogens is 2. The Kier molecular flexibility index (Phi) is 6.89. The summed E-state index contributed by atoms with van der Waals surface area (Å²) in [7, 11) is 0. The summed E-state index contributed by atoms with van der Waals surface area (Å²) in [5.74, 6) is 0.550. The molecule has 0 aliphatic carbocycles. The van der Waals surface area contributed by atoms with Gasteiger partial charge >= 0.3 is 0 Å². The monoisotopic (exact) mass is 295 g/mol. The van der Waals surface area contributed by atoms with Crippen LogP contribution in [-0.4, -0.2) is 26.4 Å². The van der Waals surface area contributed by atoms with Crippen molar-refractivity contribution in [3.63, 3.8) is 0 Å². The van der Waals surface area contributed by atoms with Gasteiger partial charge in [-0.15, -0.1) is 0 Å². The first kappa shape index (κ1) is 17.7. The van der Waals surface area contributed by atoms with E-state index in [-0.39, 0.29) is 18.4 Å². The summed E-state index contributed by atoms with van der Waals surface area (Å²) in [5.41, 5.74) is -0.894. The Morgan fingerprint density at radius 3 is 2.52 bits per heavy atom. The molecular weight excluding hydrogens is 266 g/mol. The molecular formula is C16H29N3O2. The van der Waals surface area contributed by atoms with Crippen molar-refractivity contribution in [3.05, 3.63) is 12.3 Å². The Labute approximate surface area is 127 Å². The topological polar surface area (TPSA) is 67.2 Å². The van der Waals surface area contributed by atoms with Crippen LogP contribution in [0.1, 0.15) is 72.3 Å². The molecule has 5 heteroatoms. The summed E-state index contributed by atoms with van der Waals surface area (Å²) in [6.45, 7) is 8.19. The summed E-state index contributed by atoms with van der Waals surface area (Å²) < 4.78 is 1.82. The highest BCUT2D eigenvalue weighted by atomic mass is 16.3. The molecule has 0 aliphatic rings. The summed E-state index contributed by atoms with van der Waals surface area (Å²) in [4.78, 5) is 12.2. The van der Waals surface area contributed by atoms with Crippen LogP contribution in [0.3, 0.4) is 0 Å². The summed E-state index contributed by atoms with van der Waals surface area (Å²) in [6.07, 6.45) is 5.81. The zero-order valence-electron chi connectivity index (χ0n) is 13.7. The Morgan fingerprint density at radius 2 is 2.00 bits per heavy atom. The van der Waals surface area contributed by atoms with Gasteiger partial charge in [0.05, 0.1) is 24.3 Å². The SMILES string of the molecule is CCCC(O)(CCC)CC(=O)Nc1ccnn1C(C)CC. The van der Waals surface area contributed by atoms with Gasteiger partial charge < -0.3 is 10.4 Å². The fourth-order valence-electron chi connectivity index (χ4n) is 2.66. The van der Waals surface area contributed by atoms with Gasteiger partial charge in [0.1, 0.15) is 5.82 Å². The maximum absolute atomic E-state index is 12.2. The van der Waals surface area contributed by atoms with Crippen molar-refractivity contribution >= 4 is 11.7 Å². The van der Waals surface area contributed by atoms with Crippen molar-refractivity contribution < 1.29 is 9.90 Å². The molecule has 1 heterocycles. The third kappa shape index (κ3) is 5.16. The predicted octanol–water partition coefficient (Wildman–Crippen LogP) is 3.51. The Balaban J connectivity index is 2.70. The summed E-state index contributed by atoms with van der Waals surface area (Å²) >= 11 is 0. The van der Waals surface area contributed by atoms with Gasteiger partial charge in [-0.05, 0) is 26.2 Å². The van der Waals surface area contributed by atoms with E-state index >= 15 is 0 Å². The van der Waals surface area contributed by atoms with E-state index in [1.54, 1.807) is 12.3 Å². The lowest BCUT2D eigenvalue weighted by Gasteiger charge is -2.27. The Hall–Kier alpha value is -1.36. The third-order valence-corrected chi connectivity index (χ3v) is 3.87. The van der Waals surface area contributed by atoms with Gasteiger partial charge in [-0.2, -0.15) is 5.10 Å². The lowest BCUT2D eigenvalue weighted by molar-refractivity contribution is -0.121. The van der Waals surface area contributed by atoms with Crippen LogP contribution in [0.5, 0.6) is 0 Å². The highest BCUT2D eigenvalue weighted by Gasteiger charge is 2.28. The van der Waals surface area contributed by atoms with E-state index in [4.69, 9.17) is 0 Å². The first-order valence-electron chi connectivity index (χ1n) is 8.01. The smallest absolute Gasteiger partial charge is 0.228 e. The van der Waals surface area contributed by atoms with Crippen LogP contribution < -0.4 is 5.32 Å². The number of carbonyl (C=O) groups excluding carboxylic acids is 1. The molecule has 0 bridgehead atoms. The van der Waals surface area contributed by atoms with Gasteiger partial charge in [0.2, 0.25) is 5.91 Å². The first-order valence-corrected chi connectivity index (χ1v) is 8.01. The molecule has 21 heavy (non-hydrogen) atoms. The zero-order valence-corrected chi connectivity index (χ0v) is 13.7. The largest absolute Gasteiger partial charge is 0.389 e. The Bertz CT molecular complexity index is 436. The van der Waals surface area contributed by atoms with Crippen LogP contribution in [0.4, 0.5) is 5.82 Å². The van der Waals surface area contributed by atoms with Gasteiger partial charge in [0, 0.05) is 6.07 Å². The van der Waals surface area contributed by atoms with E-state index in [1.807, 2.05) is 18.5 Å². The molecule has 0 aliphatic heterocycles. The molecule has 2 N–H and O–H groups in total. The lowest BCUT2D eigenvalue weighted by atomic mass is 9.89. The van der Waals surface area contributed by atoms with Gasteiger partial charge in [-0.3, -0.25) is 4.79 Å². The molecule has 1 aromatic rings. The molecule has 1 rings (SSSR count). The Morgan fingerprint density at radius 1 is 1.38 bits per heavy atom. The van der Waals surface area contributed by atoms with Gasteiger partial charge in [0.25, 0.3) is 0 Å². The van der Waals surface area contributed by atoms with E-state index in [2.05, 4.69) is 24.3 Å². The maximum atomic E-state index is 12.2. The molecule has 1 amide bonds. The first-order chi connectivity index (χ1) is 9.95. The molecule has 1 aromatic heterocycles. The minimum absolute atomic E-state index is 0.139. The predicted molar refractivity (Wildman–Crippen MR) is 85.2 cm³/mol. The second-order valence-electron chi connectivity index (χ2n) is 5.87. The van der Waals surface area contributed by atoms with E-state index in [0.29, 0.717) is 18.7 Å².